The topological polar surface area (TPSA) is 15.3 Å². The molecule has 1 saturated heterocycles. The number of benzene rings is 1. The van der Waals surface area contributed by atoms with Crippen molar-refractivity contribution < 1.29 is 0 Å². The third-order valence-electron chi connectivity index (χ3n) is 4.62. The minimum Gasteiger partial charge on any atom is -0.371 e. The summed E-state index contributed by atoms with van der Waals surface area (Å²) in [7, 11) is 0. The van der Waals surface area contributed by atoms with Crippen LogP contribution in [0.15, 0.2) is 24.3 Å². The molecule has 0 aliphatic carbocycles. The van der Waals surface area contributed by atoms with Crippen molar-refractivity contribution in [2.45, 2.75) is 47.1 Å². The van der Waals surface area contributed by atoms with Gasteiger partial charge >= 0.3 is 0 Å². The second-order valence-electron chi connectivity index (χ2n) is 7.04. The van der Waals surface area contributed by atoms with E-state index in [2.05, 4.69) is 62.2 Å². The lowest BCUT2D eigenvalue weighted by Gasteiger charge is -2.40. The summed E-state index contributed by atoms with van der Waals surface area (Å²) in [5.74, 6) is 0.861. The fourth-order valence-electron chi connectivity index (χ4n) is 3.21. The second-order valence-corrected chi connectivity index (χ2v) is 7.04. The quantitative estimate of drug-likeness (QED) is 0.890. The van der Waals surface area contributed by atoms with Gasteiger partial charge < -0.3 is 10.2 Å². The Labute approximate surface area is 124 Å². The van der Waals surface area contributed by atoms with Crippen LogP contribution < -0.4 is 10.2 Å². The molecule has 0 radical (unpaired) electrons. The summed E-state index contributed by atoms with van der Waals surface area (Å²) < 4.78 is 0. The average Bonchev–Trinajstić information content (AvgIpc) is 2.45. The van der Waals surface area contributed by atoms with Crippen LogP contribution in [0.2, 0.25) is 0 Å². The average molecular weight is 274 g/mol. The molecule has 0 bridgehead atoms. The Morgan fingerprint density at radius 2 is 1.80 bits per heavy atom. The van der Waals surface area contributed by atoms with Gasteiger partial charge in [0, 0.05) is 25.3 Å². The molecule has 0 saturated carbocycles. The third kappa shape index (κ3) is 3.76. The first-order valence-corrected chi connectivity index (χ1v) is 8.06. The smallest absolute Gasteiger partial charge is 0.0411 e. The molecular weight excluding hydrogens is 244 g/mol. The summed E-state index contributed by atoms with van der Waals surface area (Å²) in [6, 6.07) is 8.86. The summed E-state index contributed by atoms with van der Waals surface area (Å²) in [4.78, 5) is 2.58. The van der Waals surface area contributed by atoms with E-state index in [0.717, 1.165) is 19.0 Å². The Kier molecular flexibility index (Phi) is 5.09. The number of hydrogen-bond donors (Lipinski definition) is 1. The van der Waals surface area contributed by atoms with E-state index in [1.807, 2.05) is 0 Å². The molecular formula is C18H30N2. The maximum Gasteiger partial charge on any atom is 0.0411 e. The Balaban J connectivity index is 2.03. The van der Waals surface area contributed by atoms with E-state index in [-0.39, 0.29) is 0 Å². The first-order chi connectivity index (χ1) is 9.52. The highest BCUT2D eigenvalue weighted by molar-refractivity contribution is 5.54. The zero-order valence-electron chi connectivity index (χ0n) is 13.6. The van der Waals surface area contributed by atoms with Crippen LogP contribution in [0, 0.1) is 11.3 Å². The van der Waals surface area contributed by atoms with E-state index in [1.165, 1.54) is 37.2 Å². The van der Waals surface area contributed by atoms with Crippen LogP contribution in [0.3, 0.4) is 0 Å². The number of piperidine rings is 1. The van der Waals surface area contributed by atoms with Gasteiger partial charge in [-0.2, -0.15) is 0 Å². The summed E-state index contributed by atoms with van der Waals surface area (Å²) in [6.07, 6.45) is 2.64. The number of hydrogen-bond acceptors (Lipinski definition) is 2. The Hall–Kier alpha value is -1.02. The lowest BCUT2D eigenvalue weighted by atomic mass is 9.75. The minimum atomic E-state index is 0.454. The number of nitrogens with one attached hydrogen (secondary N) is 1. The van der Waals surface area contributed by atoms with E-state index in [1.54, 1.807) is 0 Å². The van der Waals surface area contributed by atoms with Gasteiger partial charge in [-0.25, -0.2) is 0 Å². The first kappa shape index (κ1) is 15.4. The largest absolute Gasteiger partial charge is 0.371 e. The normalized spacial score (nSPS) is 17.5. The maximum absolute atomic E-state index is 3.45. The molecule has 0 spiro atoms. The highest BCUT2D eigenvalue weighted by Gasteiger charge is 2.29. The maximum atomic E-state index is 3.45. The molecule has 20 heavy (non-hydrogen) atoms. The third-order valence-corrected chi connectivity index (χ3v) is 4.62. The van der Waals surface area contributed by atoms with E-state index >= 15 is 0 Å². The molecule has 1 fully saturated rings. The van der Waals surface area contributed by atoms with Crippen LogP contribution in [0.4, 0.5) is 5.69 Å². The molecule has 1 aromatic rings. The first-order valence-electron chi connectivity index (χ1n) is 8.06. The molecule has 0 aromatic heterocycles. The van der Waals surface area contributed by atoms with Crippen LogP contribution in [-0.2, 0) is 6.54 Å². The molecule has 2 heteroatoms. The molecule has 0 atom stereocenters. The fraction of sp³-hybridized carbons (Fsp3) is 0.667. The predicted octanol–water partition coefficient (Wildman–Crippen LogP) is 4.06. The van der Waals surface area contributed by atoms with Crippen molar-refractivity contribution in [2.75, 3.05) is 24.5 Å². The van der Waals surface area contributed by atoms with E-state index in [9.17, 15) is 0 Å². The zero-order chi connectivity index (χ0) is 14.6. The van der Waals surface area contributed by atoms with Crippen LogP contribution in [0.5, 0.6) is 0 Å². The Morgan fingerprint density at radius 3 is 2.40 bits per heavy atom. The van der Waals surface area contributed by atoms with Gasteiger partial charge in [0.05, 0.1) is 0 Å². The molecule has 0 unspecified atom stereocenters. The zero-order valence-corrected chi connectivity index (χ0v) is 13.6. The van der Waals surface area contributed by atoms with Gasteiger partial charge in [0.2, 0.25) is 0 Å². The number of nitrogens with zero attached hydrogens (tertiary/aromatic N) is 1. The number of anilines is 1. The standard InChI is InChI=1S/C18H30N2/c1-5-19-14-15-8-6-7-9-17(15)20-12-10-16(11-13-20)18(2,3)4/h6-9,16,19H,5,10-14H2,1-4H3. The molecule has 1 heterocycles. The van der Waals surface area contributed by atoms with Crippen molar-refractivity contribution in [1.82, 2.24) is 5.32 Å². The fourth-order valence-corrected chi connectivity index (χ4v) is 3.21. The summed E-state index contributed by atoms with van der Waals surface area (Å²) >= 11 is 0. The second kappa shape index (κ2) is 6.62. The summed E-state index contributed by atoms with van der Waals surface area (Å²) in [6.45, 7) is 13.7. The number of rotatable bonds is 4. The molecule has 1 aliphatic rings. The predicted molar refractivity (Wildman–Crippen MR) is 88.2 cm³/mol. The van der Waals surface area contributed by atoms with Gasteiger partial charge in [0.25, 0.3) is 0 Å². The van der Waals surface area contributed by atoms with E-state index in [0.29, 0.717) is 5.41 Å². The molecule has 2 nitrogen and oxygen atoms in total. The lowest BCUT2D eigenvalue weighted by Crippen LogP contribution is -2.38. The van der Waals surface area contributed by atoms with E-state index in [4.69, 9.17) is 0 Å². The SMILES string of the molecule is CCNCc1ccccc1N1CCC(C(C)(C)C)CC1. The molecule has 2 rings (SSSR count). The molecule has 1 N–H and O–H groups in total. The molecule has 1 aliphatic heterocycles. The van der Waals surface area contributed by atoms with Crippen molar-refractivity contribution in [3.8, 4) is 0 Å². The van der Waals surface area contributed by atoms with Crippen molar-refractivity contribution in [3.05, 3.63) is 29.8 Å². The van der Waals surface area contributed by atoms with Crippen LogP contribution in [0.1, 0.15) is 46.1 Å². The molecule has 1 aromatic carbocycles. The monoisotopic (exact) mass is 274 g/mol. The van der Waals surface area contributed by atoms with Gasteiger partial charge in [-0.3, -0.25) is 0 Å². The van der Waals surface area contributed by atoms with Crippen molar-refractivity contribution >= 4 is 5.69 Å². The Bertz CT molecular complexity index is 412. The molecule has 0 amide bonds. The summed E-state index contributed by atoms with van der Waals surface area (Å²) in [5.41, 5.74) is 3.32. The lowest BCUT2D eigenvalue weighted by molar-refractivity contribution is 0.199. The van der Waals surface area contributed by atoms with Crippen molar-refractivity contribution in [1.29, 1.82) is 0 Å². The number of para-hydroxylation sites is 1. The highest BCUT2D eigenvalue weighted by Crippen LogP contribution is 2.36. The van der Waals surface area contributed by atoms with Crippen molar-refractivity contribution in [3.63, 3.8) is 0 Å². The van der Waals surface area contributed by atoms with Gasteiger partial charge in [-0.15, -0.1) is 0 Å². The van der Waals surface area contributed by atoms with Gasteiger partial charge in [-0.1, -0.05) is 45.9 Å². The van der Waals surface area contributed by atoms with Crippen molar-refractivity contribution in [2.24, 2.45) is 11.3 Å². The van der Waals surface area contributed by atoms with E-state index < -0.39 is 0 Å². The van der Waals surface area contributed by atoms with Gasteiger partial charge in [0.1, 0.15) is 0 Å². The minimum absolute atomic E-state index is 0.454. The van der Waals surface area contributed by atoms with Crippen LogP contribution in [0.25, 0.3) is 0 Å². The van der Waals surface area contributed by atoms with Gasteiger partial charge in [-0.05, 0) is 42.3 Å². The summed E-state index contributed by atoms with van der Waals surface area (Å²) in [5, 5.41) is 3.45. The molecule has 112 valence electrons. The van der Waals surface area contributed by atoms with Crippen LogP contribution in [-0.4, -0.2) is 19.6 Å². The highest BCUT2D eigenvalue weighted by atomic mass is 15.1. The van der Waals surface area contributed by atoms with Crippen LogP contribution >= 0.6 is 0 Å². The van der Waals surface area contributed by atoms with Gasteiger partial charge in [0.15, 0.2) is 0 Å². The Morgan fingerprint density at radius 1 is 1.15 bits per heavy atom.